The molecule has 0 saturated carbocycles. The van der Waals surface area contributed by atoms with E-state index in [-0.39, 0.29) is 0 Å². The summed E-state index contributed by atoms with van der Waals surface area (Å²) >= 11 is 0. The second-order valence-electron chi connectivity index (χ2n) is 5.61. The van der Waals surface area contributed by atoms with E-state index in [2.05, 4.69) is 29.0 Å². The van der Waals surface area contributed by atoms with Gasteiger partial charge < -0.3 is 10.2 Å². The smallest absolute Gasteiger partial charge is 0.0223 e. The molecule has 2 fully saturated rings. The highest BCUT2D eigenvalue weighted by molar-refractivity contribution is 4.86. The first kappa shape index (κ1) is 13.3. The fourth-order valence-corrected chi connectivity index (χ4v) is 3.39. The van der Waals surface area contributed by atoms with Crippen LogP contribution >= 0.6 is 0 Å². The van der Waals surface area contributed by atoms with Gasteiger partial charge in [-0.25, -0.2) is 0 Å². The van der Waals surface area contributed by atoms with Crippen molar-refractivity contribution in [3.8, 4) is 0 Å². The SMILES string of the molecule is CCNC(CC)CN1CCCN2CCCC2C1. The number of rotatable bonds is 5. The summed E-state index contributed by atoms with van der Waals surface area (Å²) in [7, 11) is 0. The summed E-state index contributed by atoms with van der Waals surface area (Å²) in [6.07, 6.45) is 5.45. The molecule has 0 aliphatic carbocycles. The molecule has 3 heteroatoms. The maximum atomic E-state index is 3.60. The fourth-order valence-electron chi connectivity index (χ4n) is 3.39. The van der Waals surface area contributed by atoms with Crippen LogP contribution in [0.3, 0.4) is 0 Å². The van der Waals surface area contributed by atoms with Crippen LogP contribution in [-0.4, -0.2) is 61.2 Å². The topological polar surface area (TPSA) is 18.5 Å². The largest absolute Gasteiger partial charge is 0.313 e. The predicted octanol–water partition coefficient (Wildman–Crippen LogP) is 1.54. The lowest BCUT2D eigenvalue weighted by molar-refractivity contribution is 0.204. The van der Waals surface area contributed by atoms with Crippen LogP contribution in [0, 0.1) is 0 Å². The number of likely N-dealkylation sites (N-methyl/N-ethyl adjacent to an activating group) is 1. The van der Waals surface area contributed by atoms with Gasteiger partial charge >= 0.3 is 0 Å². The lowest BCUT2D eigenvalue weighted by Crippen LogP contribution is -2.44. The van der Waals surface area contributed by atoms with E-state index in [1.807, 2.05) is 0 Å². The zero-order chi connectivity index (χ0) is 12.1. The molecule has 0 radical (unpaired) electrons. The number of nitrogens with zero attached hydrogens (tertiary/aromatic N) is 2. The second-order valence-corrected chi connectivity index (χ2v) is 5.61. The Bertz CT molecular complexity index is 220. The van der Waals surface area contributed by atoms with Gasteiger partial charge in [0.2, 0.25) is 0 Å². The van der Waals surface area contributed by atoms with E-state index in [4.69, 9.17) is 0 Å². The predicted molar refractivity (Wildman–Crippen MR) is 73.4 cm³/mol. The molecule has 17 heavy (non-hydrogen) atoms. The third kappa shape index (κ3) is 3.67. The molecule has 3 nitrogen and oxygen atoms in total. The zero-order valence-electron chi connectivity index (χ0n) is 11.6. The van der Waals surface area contributed by atoms with Gasteiger partial charge in [0.05, 0.1) is 0 Å². The maximum absolute atomic E-state index is 3.60. The minimum Gasteiger partial charge on any atom is -0.313 e. The summed E-state index contributed by atoms with van der Waals surface area (Å²) < 4.78 is 0. The third-order valence-electron chi connectivity index (χ3n) is 4.35. The summed E-state index contributed by atoms with van der Waals surface area (Å²) in [4.78, 5) is 5.42. The van der Waals surface area contributed by atoms with Gasteiger partial charge in [-0.2, -0.15) is 0 Å². The standard InChI is InChI=1S/C14H29N3/c1-3-13(15-4-2)11-16-8-6-10-17-9-5-7-14(17)12-16/h13-15H,3-12H2,1-2H3. The van der Waals surface area contributed by atoms with Crippen molar-refractivity contribution in [2.24, 2.45) is 0 Å². The van der Waals surface area contributed by atoms with Crippen molar-refractivity contribution < 1.29 is 0 Å². The third-order valence-corrected chi connectivity index (χ3v) is 4.35. The van der Waals surface area contributed by atoms with Gasteiger partial charge in [-0.05, 0) is 51.9 Å². The molecule has 100 valence electrons. The highest BCUT2D eigenvalue weighted by Crippen LogP contribution is 2.21. The number of nitrogens with one attached hydrogen (secondary N) is 1. The highest BCUT2D eigenvalue weighted by atomic mass is 15.3. The Morgan fingerprint density at radius 2 is 2.00 bits per heavy atom. The molecule has 2 aliphatic heterocycles. The molecule has 2 saturated heterocycles. The molecule has 0 amide bonds. The van der Waals surface area contributed by atoms with E-state index in [9.17, 15) is 0 Å². The van der Waals surface area contributed by atoms with Crippen LogP contribution in [0.2, 0.25) is 0 Å². The summed E-state index contributed by atoms with van der Waals surface area (Å²) in [6.45, 7) is 12.1. The molecular formula is C14H29N3. The molecule has 2 aliphatic rings. The molecular weight excluding hydrogens is 210 g/mol. The first-order chi connectivity index (χ1) is 8.33. The van der Waals surface area contributed by atoms with E-state index < -0.39 is 0 Å². The van der Waals surface area contributed by atoms with E-state index in [1.165, 1.54) is 58.4 Å². The fraction of sp³-hybridized carbons (Fsp3) is 1.00. The van der Waals surface area contributed by atoms with Crippen LogP contribution in [-0.2, 0) is 0 Å². The summed E-state index contributed by atoms with van der Waals surface area (Å²) in [5.41, 5.74) is 0. The van der Waals surface area contributed by atoms with E-state index in [1.54, 1.807) is 0 Å². The van der Waals surface area contributed by atoms with Gasteiger partial charge in [0.1, 0.15) is 0 Å². The Balaban J connectivity index is 1.83. The molecule has 2 rings (SSSR count). The molecule has 2 heterocycles. The Hall–Kier alpha value is -0.120. The molecule has 0 spiro atoms. The van der Waals surface area contributed by atoms with Crippen LogP contribution in [0.5, 0.6) is 0 Å². The van der Waals surface area contributed by atoms with Crippen molar-refractivity contribution >= 4 is 0 Å². The first-order valence-corrected chi connectivity index (χ1v) is 7.53. The second kappa shape index (κ2) is 6.72. The van der Waals surface area contributed by atoms with Crippen LogP contribution < -0.4 is 5.32 Å². The number of hydrogen-bond acceptors (Lipinski definition) is 3. The Morgan fingerprint density at radius 3 is 2.76 bits per heavy atom. The average molecular weight is 239 g/mol. The van der Waals surface area contributed by atoms with E-state index in [0.717, 1.165) is 12.6 Å². The van der Waals surface area contributed by atoms with Crippen LogP contribution in [0.15, 0.2) is 0 Å². The Labute approximate surface area is 107 Å². The molecule has 0 bridgehead atoms. The molecule has 0 aromatic heterocycles. The molecule has 0 aromatic carbocycles. The van der Waals surface area contributed by atoms with Gasteiger partial charge in [-0.1, -0.05) is 13.8 Å². The average Bonchev–Trinajstić information content (AvgIpc) is 2.68. The monoisotopic (exact) mass is 239 g/mol. The van der Waals surface area contributed by atoms with Gasteiger partial charge in [-0.3, -0.25) is 4.90 Å². The molecule has 1 N–H and O–H groups in total. The summed E-state index contributed by atoms with van der Waals surface area (Å²) in [6, 6.07) is 1.55. The Morgan fingerprint density at radius 1 is 1.18 bits per heavy atom. The number of hydrogen-bond donors (Lipinski definition) is 1. The molecule has 2 unspecified atom stereocenters. The summed E-state index contributed by atoms with van der Waals surface area (Å²) in [5.74, 6) is 0. The normalized spacial score (nSPS) is 28.9. The van der Waals surface area contributed by atoms with Crippen molar-refractivity contribution in [3.05, 3.63) is 0 Å². The van der Waals surface area contributed by atoms with Gasteiger partial charge in [0, 0.05) is 25.2 Å². The van der Waals surface area contributed by atoms with Crippen molar-refractivity contribution in [1.82, 2.24) is 15.1 Å². The van der Waals surface area contributed by atoms with Crippen molar-refractivity contribution in [3.63, 3.8) is 0 Å². The Kier molecular flexibility index (Phi) is 5.26. The van der Waals surface area contributed by atoms with Gasteiger partial charge in [0.15, 0.2) is 0 Å². The van der Waals surface area contributed by atoms with Crippen molar-refractivity contribution in [2.45, 2.75) is 51.6 Å². The van der Waals surface area contributed by atoms with E-state index >= 15 is 0 Å². The number of fused-ring (bicyclic) bond motifs is 1. The van der Waals surface area contributed by atoms with Gasteiger partial charge in [-0.15, -0.1) is 0 Å². The molecule has 0 aromatic rings. The van der Waals surface area contributed by atoms with Crippen LogP contribution in [0.4, 0.5) is 0 Å². The first-order valence-electron chi connectivity index (χ1n) is 7.53. The minimum absolute atomic E-state index is 0.688. The van der Waals surface area contributed by atoms with Crippen molar-refractivity contribution in [1.29, 1.82) is 0 Å². The lowest BCUT2D eigenvalue weighted by atomic mass is 10.1. The highest BCUT2D eigenvalue weighted by Gasteiger charge is 2.29. The zero-order valence-corrected chi connectivity index (χ0v) is 11.6. The maximum Gasteiger partial charge on any atom is 0.0223 e. The summed E-state index contributed by atoms with van der Waals surface area (Å²) in [5, 5.41) is 3.60. The minimum atomic E-state index is 0.688. The van der Waals surface area contributed by atoms with E-state index in [0.29, 0.717) is 6.04 Å². The van der Waals surface area contributed by atoms with Crippen LogP contribution in [0.25, 0.3) is 0 Å². The van der Waals surface area contributed by atoms with Crippen LogP contribution in [0.1, 0.15) is 39.5 Å². The lowest BCUT2D eigenvalue weighted by Gasteiger charge is -2.29. The van der Waals surface area contributed by atoms with Crippen molar-refractivity contribution in [2.75, 3.05) is 39.3 Å². The quantitative estimate of drug-likeness (QED) is 0.785. The van der Waals surface area contributed by atoms with Gasteiger partial charge in [0.25, 0.3) is 0 Å². The molecule has 2 atom stereocenters.